The summed E-state index contributed by atoms with van der Waals surface area (Å²) in [5.74, 6) is -0.131. The van der Waals surface area contributed by atoms with Gasteiger partial charge in [-0.05, 0) is 12.8 Å². The maximum absolute atomic E-state index is 11.3. The minimum Gasteiger partial charge on any atom is -0.469 e. The van der Waals surface area contributed by atoms with E-state index in [1.807, 2.05) is 13.8 Å². The van der Waals surface area contributed by atoms with Crippen LogP contribution in [0, 0.1) is 5.92 Å². The average molecular weight is 201 g/mol. The van der Waals surface area contributed by atoms with Crippen LogP contribution in [0.2, 0.25) is 0 Å². The molecule has 0 aliphatic rings. The normalized spacial score (nSPS) is 11.9. The molecule has 0 fully saturated rings. The molecule has 0 bridgehead atoms. The first-order chi connectivity index (χ1) is 6.61. The summed E-state index contributed by atoms with van der Waals surface area (Å²) in [6, 6.07) is 0. The van der Waals surface area contributed by atoms with Crippen molar-refractivity contribution in [2.24, 2.45) is 5.92 Å². The van der Waals surface area contributed by atoms with Gasteiger partial charge in [0.15, 0.2) is 0 Å². The van der Waals surface area contributed by atoms with Crippen LogP contribution in [0.15, 0.2) is 0 Å². The van der Waals surface area contributed by atoms with Crippen molar-refractivity contribution in [3.8, 4) is 0 Å². The van der Waals surface area contributed by atoms with Crippen LogP contribution in [0.3, 0.4) is 0 Å². The molecule has 1 N–H and O–H groups in total. The molecular weight excluding hydrogens is 182 g/mol. The molecule has 0 aromatic rings. The van der Waals surface area contributed by atoms with Gasteiger partial charge in [-0.15, -0.1) is 0 Å². The summed E-state index contributed by atoms with van der Waals surface area (Å²) in [6.07, 6.45) is 1.83. The van der Waals surface area contributed by atoms with E-state index in [4.69, 9.17) is 0 Å². The van der Waals surface area contributed by atoms with Crippen LogP contribution < -0.4 is 5.32 Å². The van der Waals surface area contributed by atoms with E-state index in [9.17, 15) is 9.59 Å². The highest BCUT2D eigenvalue weighted by molar-refractivity contribution is 5.78. The predicted octanol–water partition coefficient (Wildman–Crippen LogP) is 1.10. The third-order valence-corrected chi connectivity index (χ3v) is 2.14. The van der Waals surface area contributed by atoms with Crippen molar-refractivity contribution < 1.29 is 14.3 Å². The highest BCUT2D eigenvalue weighted by Gasteiger charge is 2.09. The number of methoxy groups -OCH3 is 1. The number of ether oxygens (including phenoxy) is 1. The van der Waals surface area contributed by atoms with Crippen LogP contribution in [0.1, 0.15) is 33.1 Å². The van der Waals surface area contributed by atoms with E-state index in [2.05, 4.69) is 10.1 Å². The molecule has 0 aliphatic carbocycles. The number of carbonyl (C=O) groups excluding carboxylic acids is 2. The Labute approximate surface area is 85.0 Å². The lowest BCUT2D eigenvalue weighted by molar-refractivity contribution is -0.140. The standard InChI is InChI=1S/C10H19NO3/c1-4-8(2)10(13)11-7-5-6-9(12)14-3/h8H,4-7H2,1-3H3,(H,11,13). The molecule has 4 heteroatoms. The monoisotopic (exact) mass is 201 g/mol. The number of amides is 1. The minimum atomic E-state index is -0.234. The maximum atomic E-state index is 11.3. The first-order valence-corrected chi connectivity index (χ1v) is 4.96. The molecule has 0 rings (SSSR count). The number of carbonyl (C=O) groups is 2. The summed E-state index contributed by atoms with van der Waals surface area (Å²) in [4.78, 5) is 22.0. The molecule has 4 nitrogen and oxygen atoms in total. The van der Waals surface area contributed by atoms with Crippen LogP contribution >= 0.6 is 0 Å². The van der Waals surface area contributed by atoms with Crippen molar-refractivity contribution in [1.29, 1.82) is 0 Å². The van der Waals surface area contributed by atoms with Crippen LogP contribution in [0.5, 0.6) is 0 Å². The molecule has 0 spiro atoms. The second kappa shape index (κ2) is 7.35. The van der Waals surface area contributed by atoms with E-state index >= 15 is 0 Å². The average Bonchev–Trinajstić information content (AvgIpc) is 2.22. The Bertz CT molecular complexity index is 192. The molecule has 14 heavy (non-hydrogen) atoms. The van der Waals surface area contributed by atoms with Gasteiger partial charge >= 0.3 is 5.97 Å². The van der Waals surface area contributed by atoms with Gasteiger partial charge in [0.25, 0.3) is 0 Å². The van der Waals surface area contributed by atoms with Gasteiger partial charge in [-0.2, -0.15) is 0 Å². The predicted molar refractivity (Wildman–Crippen MR) is 53.7 cm³/mol. The zero-order valence-corrected chi connectivity index (χ0v) is 9.13. The molecule has 0 heterocycles. The molecule has 1 unspecified atom stereocenters. The van der Waals surface area contributed by atoms with Gasteiger partial charge in [0, 0.05) is 18.9 Å². The van der Waals surface area contributed by atoms with Gasteiger partial charge in [-0.25, -0.2) is 0 Å². The maximum Gasteiger partial charge on any atom is 0.305 e. The summed E-state index contributed by atoms with van der Waals surface area (Å²) in [6.45, 7) is 4.40. The molecular formula is C10H19NO3. The van der Waals surface area contributed by atoms with Crippen LogP contribution in [0.25, 0.3) is 0 Å². The number of hydrogen-bond donors (Lipinski definition) is 1. The smallest absolute Gasteiger partial charge is 0.305 e. The van der Waals surface area contributed by atoms with Gasteiger partial charge in [0.1, 0.15) is 0 Å². The summed E-state index contributed by atoms with van der Waals surface area (Å²) in [7, 11) is 1.36. The number of nitrogens with one attached hydrogen (secondary N) is 1. The molecule has 0 aliphatic heterocycles. The van der Waals surface area contributed by atoms with Crippen LogP contribution in [-0.2, 0) is 14.3 Å². The summed E-state index contributed by atoms with van der Waals surface area (Å²) < 4.78 is 4.47. The number of rotatable bonds is 6. The van der Waals surface area contributed by atoms with Crippen LogP contribution in [-0.4, -0.2) is 25.5 Å². The summed E-state index contributed by atoms with van der Waals surface area (Å²) in [5.41, 5.74) is 0. The lowest BCUT2D eigenvalue weighted by atomic mass is 10.1. The Balaban J connectivity index is 3.45. The van der Waals surface area contributed by atoms with E-state index in [1.165, 1.54) is 7.11 Å². The van der Waals surface area contributed by atoms with E-state index in [0.717, 1.165) is 6.42 Å². The van der Waals surface area contributed by atoms with Crippen molar-refractivity contribution in [1.82, 2.24) is 5.32 Å². The van der Waals surface area contributed by atoms with Gasteiger partial charge in [-0.1, -0.05) is 13.8 Å². The Morgan fingerprint density at radius 2 is 2.07 bits per heavy atom. The highest BCUT2D eigenvalue weighted by atomic mass is 16.5. The van der Waals surface area contributed by atoms with E-state index in [1.54, 1.807) is 0 Å². The van der Waals surface area contributed by atoms with E-state index in [-0.39, 0.29) is 17.8 Å². The fourth-order valence-electron chi connectivity index (χ4n) is 0.906. The fourth-order valence-corrected chi connectivity index (χ4v) is 0.906. The zero-order chi connectivity index (χ0) is 11.0. The summed E-state index contributed by atoms with van der Waals surface area (Å²) >= 11 is 0. The fraction of sp³-hybridized carbons (Fsp3) is 0.800. The third-order valence-electron chi connectivity index (χ3n) is 2.14. The second-order valence-electron chi connectivity index (χ2n) is 3.28. The summed E-state index contributed by atoms with van der Waals surface area (Å²) in [5, 5.41) is 2.77. The molecule has 82 valence electrons. The first-order valence-electron chi connectivity index (χ1n) is 4.96. The van der Waals surface area contributed by atoms with Crippen molar-refractivity contribution in [3.05, 3.63) is 0 Å². The SMILES string of the molecule is CCC(C)C(=O)NCCCC(=O)OC. The van der Waals surface area contributed by atoms with Gasteiger partial charge < -0.3 is 10.1 Å². The molecule has 0 saturated carbocycles. The van der Waals surface area contributed by atoms with Crippen molar-refractivity contribution in [2.45, 2.75) is 33.1 Å². The molecule has 0 aromatic heterocycles. The number of esters is 1. The Hall–Kier alpha value is -1.06. The number of hydrogen-bond acceptors (Lipinski definition) is 3. The van der Waals surface area contributed by atoms with Gasteiger partial charge in [0.05, 0.1) is 7.11 Å². The lowest BCUT2D eigenvalue weighted by Crippen LogP contribution is -2.29. The largest absolute Gasteiger partial charge is 0.469 e. The molecule has 0 aromatic carbocycles. The van der Waals surface area contributed by atoms with E-state index in [0.29, 0.717) is 19.4 Å². The quantitative estimate of drug-likeness (QED) is 0.517. The van der Waals surface area contributed by atoms with Gasteiger partial charge in [-0.3, -0.25) is 9.59 Å². The lowest BCUT2D eigenvalue weighted by Gasteiger charge is -2.09. The van der Waals surface area contributed by atoms with E-state index < -0.39 is 0 Å². The molecule has 1 amide bonds. The zero-order valence-electron chi connectivity index (χ0n) is 9.13. The molecule has 1 atom stereocenters. The Kier molecular flexibility index (Phi) is 6.80. The molecule has 0 radical (unpaired) electrons. The van der Waals surface area contributed by atoms with Gasteiger partial charge in [0.2, 0.25) is 5.91 Å². The topological polar surface area (TPSA) is 55.4 Å². The third kappa shape index (κ3) is 5.56. The Morgan fingerprint density at radius 3 is 2.57 bits per heavy atom. The van der Waals surface area contributed by atoms with Crippen LogP contribution in [0.4, 0.5) is 0 Å². The molecule has 0 saturated heterocycles. The second-order valence-corrected chi connectivity index (χ2v) is 3.28. The van der Waals surface area contributed by atoms with Crippen molar-refractivity contribution in [3.63, 3.8) is 0 Å². The van der Waals surface area contributed by atoms with Crippen molar-refractivity contribution >= 4 is 11.9 Å². The van der Waals surface area contributed by atoms with Crippen molar-refractivity contribution in [2.75, 3.05) is 13.7 Å². The minimum absolute atomic E-state index is 0.0492. The first kappa shape index (κ1) is 12.9. The Morgan fingerprint density at radius 1 is 1.43 bits per heavy atom. The highest BCUT2D eigenvalue weighted by Crippen LogP contribution is 1.99.